The van der Waals surface area contributed by atoms with Gasteiger partial charge in [-0.15, -0.1) is 0 Å². The third-order valence-corrected chi connectivity index (χ3v) is 2.56. The first-order valence-corrected chi connectivity index (χ1v) is 5.77. The van der Waals surface area contributed by atoms with Gasteiger partial charge in [0.2, 0.25) is 0 Å². The van der Waals surface area contributed by atoms with Gasteiger partial charge in [-0.25, -0.2) is 4.39 Å². The number of benzene rings is 2. The topological polar surface area (TPSA) is 9.23 Å². The first-order chi connectivity index (χ1) is 8.36. The highest BCUT2D eigenvalue weighted by Gasteiger charge is 2.00. The average molecular weight is 230 g/mol. The molecule has 2 heteroatoms. The Balaban J connectivity index is 1.76. The molecule has 0 saturated carbocycles. The van der Waals surface area contributed by atoms with Crippen LogP contribution in [0.5, 0.6) is 5.75 Å². The quantitative estimate of drug-likeness (QED) is 0.709. The van der Waals surface area contributed by atoms with Gasteiger partial charge < -0.3 is 4.74 Å². The zero-order valence-electron chi connectivity index (χ0n) is 9.60. The molecule has 2 aromatic carbocycles. The largest absolute Gasteiger partial charge is 0.494 e. The Morgan fingerprint density at radius 3 is 2.35 bits per heavy atom. The molecule has 0 heterocycles. The molecule has 2 rings (SSSR count). The van der Waals surface area contributed by atoms with Crippen LogP contribution in [0.1, 0.15) is 12.0 Å². The maximum absolute atomic E-state index is 13.3. The SMILES string of the molecule is Fc1ccccc1CCCOc1ccccc1. The van der Waals surface area contributed by atoms with Gasteiger partial charge in [-0.2, -0.15) is 0 Å². The molecule has 0 atom stereocenters. The number of ether oxygens (including phenoxy) is 1. The molecule has 0 fully saturated rings. The van der Waals surface area contributed by atoms with Gasteiger partial charge in [-0.3, -0.25) is 0 Å². The molecule has 0 aliphatic rings. The van der Waals surface area contributed by atoms with Crippen LogP contribution in [0.2, 0.25) is 0 Å². The van der Waals surface area contributed by atoms with Crippen LogP contribution in [-0.4, -0.2) is 6.61 Å². The molecule has 0 amide bonds. The van der Waals surface area contributed by atoms with E-state index in [-0.39, 0.29) is 5.82 Å². The molecule has 17 heavy (non-hydrogen) atoms. The van der Waals surface area contributed by atoms with E-state index in [1.54, 1.807) is 6.07 Å². The van der Waals surface area contributed by atoms with Crippen LogP contribution < -0.4 is 4.74 Å². The van der Waals surface area contributed by atoms with Gasteiger partial charge in [0.25, 0.3) is 0 Å². The minimum atomic E-state index is -0.132. The number of para-hydroxylation sites is 1. The highest BCUT2D eigenvalue weighted by atomic mass is 19.1. The van der Waals surface area contributed by atoms with Gasteiger partial charge >= 0.3 is 0 Å². The van der Waals surface area contributed by atoms with Crippen molar-refractivity contribution in [2.75, 3.05) is 6.61 Å². The van der Waals surface area contributed by atoms with Crippen molar-refractivity contribution in [3.05, 3.63) is 66.0 Å². The fourth-order valence-corrected chi connectivity index (χ4v) is 1.67. The van der Waals surface area contributed by atoms with E-state index in [0.29, 0.717) is 13.0 Å². The molecule has 0 aromatic heterocycles. The average Bonchev–Trinajstić information content (AvgIpc) is 2.38. The lowest BCUT2D eigenvalue weighted by atomic mass is 10.1. The van der Waals surface area contributed by atoms with Gasteiger partial charge in [-0.05, 0) is 36.6 Å². The summed E-state index contributed by atoms with van der Waals surface area (Å²) in [5.74, 6) is 0.730. The second-order valence-corrected chi connectivity index (χ2v) is 3.86. The standard InChI is InChI=1S/C15H15FO/c16-15-11-5-4-7-13(15)8-6-12-17-14-9-2-1-3-10-14/h1-5,7,9-11H,6,8,12H2. The third-order valence-electron chi connectivity index (χ3n) is 2.56. The van der Waals surface area contributed by atoms with Crippen molar-refractivity contribution in [2.24, 2.45) is 0 Å². The van der Waals surface area contributed by atoms with Crippen LogP contribution in [0.15, 0.2) is 54.6 Å². The van der Waals surface area contributed by atoms with Crippen LogP contribution in [-0.2, 0) is 6.42 Å². The minimum Gasteiger partial charge on any atom is -0.494 e. The van der Waals surface area contributed by atoms with Gasteiger partial charge in [0.05, 0.1) is 6.61 Å². The number of hydrogen-bond acceptors (Lipinski definition) is 1. The molecular formula is C15H15FO. The molecule has 0 unspecified atom stereocenters. The first-order valence-electron chi connectivity index (χ1n) is 5.77. The smallest absolute Gasteiger partial charge is 0.126 e. The maximum atomic E-state index is 13.3. The summed E-state index contributed by atoms with van der Waals surface area (Å²) in [5.41, 5.74) is 0.754. The van der Waals surface area contributed by atoms with E-state index < -0.39 is 0 Å². The minimum absolute atomic E-state index is 0.132. The zero-order valence-corrected chi connectivity index (χ0v) is 9.60. The normalized spacial score (nSPS) is 10.2. The molecule has 88 valence electrons. The Hall–Kier alpha value is -1.83. The summed E-state index contributed by atoms with van der Waals surface area (Å²) in [6.45, 7) is 0.609. The molecular weight excluding hydrogens is 215 g/mol. The molecule has 0 bridgehead atoms. The molecule has 0 radical (unpaired) electrons. The molecule has 0 aliphatic carbocycles. The van der Waals surface area contributed by atoms with Gasteiger partial charge in [0.15, 0.2) is 0 Å². The lowest BCUT2D eigenvalue weighted by Gasteiger charge is -2.06. The number of hydrogen-bond donors (Lipinski definition) is 0. The van der Waals surface area contributed by atoms with E-state index in [9.17, 15) is 4.39 Å². The Labute approximate surface area is 101 Å². The van der Waals surface area contributed by atoms with Gasteiger partial charge in [-0.1, -0.05) is 36.4 Å². The van der Waals surface area contributed by atoms with Gasteiger partial charge in [0.1, 0.15) is 11.6 Å². The monoisotopic (exact) mass is 230 g/mol. The summed E-state index contributed by atoms with van der Waals surface area (Å²) in [4.78, 5) is 0. The van der Waals surface area contributed by atoms with Crippen molar-refractivity contribution in [1.82, 2.24) is 0 Å². The predicted octanol–water partition coefficient (Wildman–Crippen LogP) is 3.84. The van der Waals surface area contributed by atoms with Crippen molar-refractivity contribution in [1.29, 1.82) is 0 Å². The predicted molar refractivity (Wildman–Crippen MR) is 66.7 cm³/mol. The molecule has 0 saturated heterocycles. The number of halogens is 1. The lowest BCUT2D eigenvalue weighted by Crippen LogP contribution is -2.00. The van der Waals surface area contributed by atoms with E-state index in [4.69, 9.17) is 4.74 Å². The van der Waals surface area contributed by atoms with Crippen LogP contribution in [0, 0.1) is 5.82 Å². The fourth-order valence-electron chi connectivity index (χ4n) is 1.67. The second kappa shape index (κ2) is 6.04. The van der Waals surface area contributed by atoms with Crippen LogP contribution in [0.4, 0.5) is 4.39 Å². The summed E-state index contributed by atoms with van der Waals surface area (Å²) >= 11 is 0. The highest BCUT2D eigenvalue weighted by molar-refractivity contribution is 5.21. The van der Waals surface area contributed by atoms with Crippen molar-refractivity contribution < 1.29 is 9.13 Å². The number of rotatable bonds is 5. The first kappa shape index (κ1) is 11.6. The fraction of sp³-hybridized carbons (Fsp3) is 0.200. The highest BCUT2D eigenvalue weighted by Crippen LogP contribution is 2.11. The van der Waals surface area contributed by atoms with E-state index in [0.717, 1.165) is 17.7 Å². The summed E-state index contributed by atoms with van der Waals surface area (Å²) in [7, 11) is 0. The summed E-state index contributed by atoms with van der Waals surface area (Å²) in [5, 5.41) is 0. The van der Waals surface area contributed by atoms with Crippen LogP contribution >= 0.6 is 0 Å². The Kier molecular flexibility index (Phi) is 4.14. The van der Waals surface area contributed by atoms with E-state index in [2.05, 4.69) is 0 Å². The number of aryl methyl sites for hydroxylation is 1. The van der Waals surface area contributed by atoms with E-state index in [1.807, 2.05) is 42.5 Å². The molecule has 1 nitrogen and oxygen atoms in total. The van der Waals surface area contributed by atoms with Crippen molar-refractivity contribution in [3.63, 3.8) is 0 Å². The van der Waals surface area contributed by atoms with E-state index >= 15 is 0 Å². The van der Waals surface area contributed by atoms with E-state index in [1.165, 1.54) is 6.07 Å². The van der Waals surface area contributed by atoms with Crippen molar-refractivity contribution >= 4 is 0 Å². The Bertz CT molecular complexity index is 453. The molecule has 2 aromatic rings. The Morgan fingerprint density at radius 2 is 1.59 bits per heavy atom. The third kappa shape index (κ3) is 3.59. The lowest BCUT2D eigenvalue weighted by molar-refractivity contribution is 0.310. The van der Waals surface area contributed by atoms with Gasteiger partial charge in [0, 0.05) is 0 Å². The molecule has 0 N–H and O–H groups in total. The Morgan fingerprint density at radius 1 is 0.882 bits per heavy atom. The van der Waals surface area contributed by atoms with Crippen LogP contribution in [0.3, 0.4) is 0 Å². The summed E-state index contributed by atoms with van der Waals surface area (Å²) < 4.78 is 18.8. The second-order valence-electron chi connectivity index (χ2n) is 3.86. The summed E-state index contributed by atoms with van der Waals surface area (Å²) in [6, 6.07) is 16.5. The van der Waals surface area contributed by atoms with Crippen molar-refractivity contribution in [2.45, 2.75) is 12.8 Å². The summed E-state index contributed by atoms with van der Waals surface area (Å²) in [6.07, 6.45) is 1.52. The zero-order chi connectivity index (χ0) is 11.9. The molecule has 0 spiro atoms. The van der Waals surface area contributed by atoms with Crippen LogP contribution in [0.25, 0.3) is 0 Å². The maximum Gasteiger partial charge on any atom is 0.126 e. The van der Waals surface area contributed by atoms with Crippen molar-refractivity contribution in [3.8, 4) is 5.75 Å². The molecule has 0 aliphatic heterocycles.